The largest absolute Gasteiger partial charge is 0.313 e. The van der Waals surface area contributed by atoms with E-state index in [1.807, 2.05) is 7.05 Å². The van der Waals surface area contributed by atoms with E-state index in [1.54, 1.807) is 41.4 Å². The SMILES string of the molecule is CNC(Cc1c(F)cccc1Cl)c1cnn2ccncc12. The molecular weight excluding hydrogens is 291 g/mol. The van der Waals surface area contributed by atoms with E-state index in [0.717, 1.165) is 11.1 Å². The molecule has 0 aliphatic heterocycles. The Kier molecular flexibility index (Phi) is 3.86. The number of nitrogens with one attached hydrogen (secondary N) is 1. The third-order valence-electron chi connectivity index (χ3n) is 3.55. The van der Waals surface area contributed by atoms with Gasteiger partial charge in [0.25, 0.3) is 0 Å². The minimum absolute atomic E-state index is 0.0962. The maximum Gasteiger partial charge on any atom is 0.127 e. The van der Waals surface area contributed by atoms with Crippen LogP contribution < -0.4 is 5.32 Å². The van der Waals surface area contributed by atoms with Crippen LogP contribution >= 0.6 is 11.6 Å². The summed E-state index contributed by atoms with van der Waals surface area (Å²) in [6, 6.07) is 4.63. The van der Waals surface area contributed by atoms with Crippen LogP contribution in [0.4, 0.5) is 4.39 Å². The van der Waals surface area contributed by atoms with Gasteiger partial charge < -0.3 is 5.32 Å². The summed E-state index contributed by atoms with van der Waals surface area (Å²) in [5.41, 5.74) is 2.36. The molecule has 3 rings (SSSR count). The zero-order valence-electron chi connectivity index (χ0n) is 11.4. The molecule has 21 heavy (non-hydrogen) atoms. The quantitative estimate of drug-likeness (QED) is 0.805. The van der Waals surface area contributed by atoms with Gasteiger partial charge in [0.2, 0.25) is 0 Å². The smallest absolute Gasteiger partial charge is 0.127 e. The van der Waals surface area contributed by atoms with Crippen LogP contribution in [-0.4, -0.2) is 21.6 Å². The summed E-state index contributed by atoms with van der Waals surface area (Å²) in [6.45, 7) is 0. The lowest BCUT2D eigenvalue weighted by Gasteiger charge is -2.16. The molecule has 0 bridgehead atoms. The molecule has 1 atom stereocenters. The summed E-state index contributed by atoms with van der Waals surface area (Å²) in [4.78, 5) is 4.12. The second-order valence-corrected chi connectivity index (χ2v) is 5.16. The molecule has 1 N–H and O–H groups in total. The van der Waals surface area contributed by atoms with Crippen molar-refractivity contribution in [3.8, 4) is 0 Å². The zero-order chi connectivity index (χ0) is 14.8. The molecule has 0 saturated heterocycles. The molecule has 2 heterocycles. The second-order valence-electron chi connectivity index (χ2n) is 4.75. The Balaban J connectivity index is 1.99. The fourth-order valence-corrected chi connectivity index (χ4v) is 2.66. The summed E-state index contributed by atoms with van der Waals surface area (Å²) < 4.78 is 15.7. The van der Waals surface area contributed by atoms with Gasteiger partial charge in [-0.1, -0.05) is 17.7 Å². The molecule has 0 spiro atoms. The molecule has 108 valence electrons. The van der Waals surface area contributed by atoms with Crippen LogP contribution in [0.5, 0.6) is 0 Å². The Hall–Kier alpha value is -1.98. The van der Waals surface area contributed by atoms with Crippen molar-refractivity contribution in [3.63, 3.8) is 0 Å². The summed E-state index contributed by atoms with van der Waals surface area (Å²) in [5, 5.41) is 7.91. The van der Waals surface area contributed by atoms with Crippen molar-refractivity contribution in [1.29, 1.82) is 0 Å². The molecule has 1 unspecified atom stereocenters. The van der Waals surface area contributed by atoms with Gasteiger partial charge >= 0.3 is 0 Å². The first-order valence-corrected chi connectivity index (χ1v) is 6.96. The highest BCUT2D eigenvalue weighted by molar-refractivity contribution is 6.31. The first kappa shape index (κ1) is 14.0. The molecule has 2 aromatic heterocycles. The lowest BCUT2D eigenvalue weighted by Crippen LogP contribution is -2.19. The number of hydrogen-bond donors (Lipinski definition) is 1. The normalized spacial score (nSPS) is 12.7. The van der Waals surface area contributed by atoms with Crippen LogP contribution in [0.15, 0.2) is 43.0 Å². The molecule has 0 radical (unpaired) electrons. The second kappa shape index (κ2) is 5.79. The van der Waals surface area contributed by atoms with Crippen LogP contribution in [0.3, 0.4) is 0 Å². The molecule has 4 nitrogen and oxygen atoms in total. The monoisotopic (exact) mass is 304 g/mol. The van der Waals surface area contributed by atoms with Gasteiger partial charge in [0.05, 0.1) is 17.9 Å². The number of halogens is 2. The lowest BCUT2D eigenvalue weighted by molar-refractivity contribution is 0.556. The van der Waals surface area contributed by atoms with Crippen molar-refractivity contribution < 1.29 is 4.39 Å². The Morgan fingerprint density at radius 3 is 3.00 bits per heavy atom. The molecule has 3 aromatic rings. The molecular formula is C15H14ClFN4. The summed E-state index contributed by atoms with van der Waals surface area (Å²) in [6.07, 6.45) is 7.41. The lowest BCUT2D eigenvalue weighted by atomic mass is 10.00. The topological polar surface area (TPSA) is 42.2 Å². The average Bonchev–Trinajstić information content (AvgIpc) is 2.91. The molecule has 0 aliphatic carbocycles. The Morgan fingerprint density at radius 1 is 1.38 bits per heavy atom. The van der Waals surface area contributed by atoms with E-state index in [1.165, 1.54) is 6.07 Å². The van der Waals surface area contributed by atoms with Crippen LogP contribution in [0.1, 0.15) is 17.2 Å². The van der Waals surface area contributed by atoms with Gasteiger partial charge in [0.15, 0.2) is 0 Å². The van der Waals surface area contributed by atoms with Crippen molar-refractivity contribution >= 4 is 17.1 Å². The molecule has 1 aromatic carbocycles. The van der Waals surface area contributed by atoms with E-state index >= 15 is 0 Å². The number of nitrogens with zero attached hydrogens (tertiary/aromatic N) is 3. The van der Waals surface area contributed by atoms with Gasteiger partial charge in [-0.15, -0.1) is 0 Å². The molecule has 0 amide bonds. The summed E-state index contributed by atoms with van der Waals surface area (Å²) in [5.74, 6) is -0.294. The molecule has 0 fully saturated rings. The maximum absolute atomic E-state index is 14.0. The highest BCUT2D eigenvalue weighted by Crippen LogP contribution is 2.27. The fraction of sp³-hybridized carbons (Fsp3) is 0.200. The zero-order valence-corrected chi connectivity index (χ0v) is 12.2. The molecule has 0 saturated carbocycles. The number of likely N-dealkylation sites (N-methyl/N-ethyl adjacent to an activating group) is 1. The Morgan fingerprint density at radius 2 is 2.24 bits per heavy atom. The number of rotatable bonds is 4. The number of hydrogen-bond acceptors (Lipinski definition) is 3. The highest BCUT2D eigenvalue weighted by Gasteiger charge is 2.18. The number of benzene rings is 1. The third kappa shape index (κ3) is 2.62. The van der Waals surface area contributed by atoms with Gasteiger partial charge in [0.1, 0.15) is 5.82 Å². The number of aromatic nitrogens is 3. The van der Waals surface area contributed by atoms with E-state index in [-0.39, 0.29) is 11.9 Å². The predicted octanol–water partition coefficient (Wildman–Crippen LogP) is 3.03. The van der Waals surface area contributed by atoms with E-state index in [2.05, 4.69) is 15.4 Å². The van der Waals surface area contributed by atoms with Gasteiger partial charge in [-0.2, -0.15) is 5.10 Å². The van der Waals surface area contributed by atoms with Crippen molar-refractivity contribution in [2.75, 3.05) is 7.05 Å². The van der Waals surface area contributed by atoms with Crippen molar-refractivity contribution in [2.45, 2.75) is 12.5 Å². The Bertz CT molecular complexity index is 751. The Labute approximate surface area is 126 Å². The fourth-order valence-electron chi connectivity index (χ4n) is 2.42. The maximum atomic E-state index is 14.0. The van der Waals surface area contributed by atoms with Gasteiger partial charge in [0, 0.05) is 34.6 Å². The summed E-state index contributed by atoms with van der Waals surface area (Å²) >= 11 is 6.11. The van der Waals surface area contributed by atoms with Crippen LogP contribution in [0.25, 0.3) is 5.52 Å². The van der Waals surface area contributed by atoms with E-state index in [9.17, 15) is 4.39 Å². The minimum atomic E-state index is -0.294. The first-order valence-electron chi connectivity index (χ1n) is 6.58. The third-order valence-corrected chi connectivity index (χ3v) is 3.90. The van der Waals surface area contributed by atoms with E-state index in [0.29, 0.717) is 17.0 Å². The van der Waals surface area contributed by atoms with E-state index < -0.39 is 0 Å². The van der Waals surface area contributed by atoms with Crippen LogP contribution in [-0.2, 0) is 6.42 Å². The predicted molar refractivity (Wildman–Crippen MR) is 79.9 cm³/mol. The number of fused-ring (bicyclic) bond motifs is 1. The standard InChI is InChI=1S/C15H14ClFN4/c1-18-14(7-10-12(16)3-2-4-13(10)17)11-8-20-21-6-5-19-9-15(11)21/h2-6,8-9,14,18H,7H2,1H3. The average molecular weight is 305 g/mol. The molecule has 0 aliphatic rings. The summed E-state index contributed by atoms with van der Waals surface area (Å²) in [7, 11) is 1.83. The van der Waals surface area contributed by atoms with Crippen molar-refractivity contribution in [3.05, 3.63) is 65.0 Å². The van der Waals surface area contributed by atoms with Crippen molar-refractivity contribution in [2.24, 2.45) is 0 Å². The first-order chi connectivity index (χ1) is 10.2. The van der Waals surface area contributed by atoms with E-state index in [4.69, 9.17) is 11.6 Å². The van der Waals surface area contributed by atoms with Gasteiger partial charge in [-0.25, -0.2) is 8.91 Å². The molecule has 6 heteroatoms. The van der Waals surface area contributed by atoms with Crippen molar-refractivity contribution in [1.82, 2.24) is 19.9 Å². The highest BCUT2D eigenvalue weighted by atomic mass is 35.5. The minimum Gasteiger partial charge on any atom is -0.313 e. The van der Waals surface area contributed by atoms with Crippen LogP contribution in [0, 0.1) is 5.82 Å². The van der Waals surface area contributed by atoms with Crippen LogP contribution in [0.2, 0.25) is 5.02 Å². The van der Waals surface area contributed by atoms with Gasteiger partial charge in [-0.05, 0) is 25.6 Å². The van der Waals surface area contributed by atoms with Gasteiger partial charge in [-0.3, -0.25) is 4.98 Å².